The van der Waals surface area contributed by atoms with E-state index in [2.05, 4.69) is 26.1 Å². The molecule has 0 spiro atoms. The molecule has 1 atom stereocenters. The molecule has 3 heteroatoms. The van der Waals surface area contributed by atoms with Gasteiger partial charge >= 0.3 is 0 Å². The van der Waals surface area contributed by atoms with Crippen molar-refractivity contribution >= 4 is 0 Å². The molecule has 0 saturated carbocycles. The Hall–Kier alpha value is -0.120. The first-order valence-corrected chi connectivity index (χ1v) is 5.96. The summed E-state index contributed by atoms with van der Waals surface area (Å²) < 4.78 is 5.19. The van der Waals surface area contributed by atoms with Gasteiger partial charge in [0.05, 0.1) is 6.61 Å². The van der Waals surface area contributed by atoms with Crippen LogP contribution in [0.4, 0.5) is 0 Å². The summed E-state index contributed by atoms with van der Waals surface area (Å²) in [6.07, 6.45) is 3.14. The van der Waals surface area contributed by atoms with Crippen molar-refractivity contribution in [2.24, 2.45) is 5.92 Å². The average Bonchev–Trinajstić information content (AvgIpc) is 2.20. The third-order valence-electron chi connectivity index (χ3n) is 3.10. The van der Waals surface area contributed by atoms with Gasteiger partial charge in [0.15, 0.2) is 0 Å². The minimum absolute atomic E-state index is 0.0912. The van der Waals surface area contributed by atoms with E-state index in [0.717, 1.165) is 18.9 Å². The highest BCUT2D eigenvalue weighted by molar-refractivity contribution is 4.83. The normalized spacial score (nSPS) is 15.6. The molecule has 0 aliphatic heterocycles. The van der Waals surface area contributed by atoms with Crippen LogP contribution in [0.2, 0.25) is 0 Å². The van der Waals surface area contributed by atoms with Gasteiger partial charge in [-0.05, 0) is 25.8 Å². The van der Waals surface area contributed by atoms with Crippen LogP contribution >= 0.6 is 0 Å². The molecule has 0 fully saturated rings. The summed E-state index contributed by atoms with van der Waals surface area (Å²) in [5.41, 5.74) is -0.0912. The fraction of sp³-hybridized carbons (Fsp3) is 1.00. The molecule has 0 rings (SSSR count). The molecule has 0 aromatic heterocycles. The molecule has 1 unspecified atom stereocenters. The van der Waals surface area contributed by atoms with Crippen LogP contribution < -0.4 is 5.32 Å². The molecular weight excluding hydrogens is 190 g/mol. The summed E-state index contributed by atoms with van der Waals surface area (Å²) >= 11 is 0. The highest BCUT2D eigenvalue weighted by atomic mass is 16.5. The van der Waals surface area contributed by atoms with Gasteiger partial charge in [0.2, 0.25) is 0 Å². The summed E-state index contributed by atoms with van der Waals surface area (Å²) in [5.74, 6) is 0.722. The first-order chi connectivity index (χ1) is 7.11. The zero-order valence-corrected chi connectivity index (χ0v) is 10.7. The Bertz CT molecular complexity index is 141. The fourth-order valence-electron chi connectivity index (χ4n) is 1.75. The van der Waals surface area contributed by atoms with Crippen molar-refractivity contribution in [3.8, 4) is 0 Å². The van der Waals surface area contributed by atoms with E-state index in [4.69, 9.17) is 9.84 Å². The van der Waals surface area contributed by atoms with Crippen LogP contribution in [-0.4, -0.2) is 37.5 Å². The third-order valence-corrected chi connectivity index (χ3v) is 3.10. The van der Waals surface area contributed by atoms with Crippen molar-refractivity contribution in [3.63, 3.8) is 0 Å². The lowest BCUT2D eigenvalue weighted by atomic mass is 9.96. The molecule has 3 nitrogen and oxygen atoms in total. The molecule has 0 aromatic carbocycles. The quantitative estimate of drug-likeness (QED) is 0.619. The minimum atomic E-state index is -0.0912. The molecule has 0 aliphatic rings. The molecular formula is C12H27NO2. The lowest BCUT2D eigenvalue weighted by Crippen LogP contribution is -2.48. The second-order valence-electron chi connectivity index (χ2n) is 4.53. The number of methoxy groups -OCH3 is 1. The van der Waals surface area contributed by atoms with Gasteiger partial charge in [0.25, 0.3) is 0 Å². The largest absolute Gasteiger partial charge is 0.396 e. The highest BCUT2D eigenvalue weighted by Crippen LogP contribution is 2.13. The Morgan fingerprint density at radius 2 is 1.93 bits per heavy atom. The van der Waals surface area contributed by atoms with E-state index >= 15 is 0 Å². The number of aliphatic hydroxyl groups excluding tert-OH is 1. The molecule has 2 N–H and O–H groups in total. The fourth-order valence-corrected chi connectivity index (χ4v) is 1.75. The van der Waals surface area contributed by atoms with Gasteiger partial charge in [-0.1, -0.05) is 26.7 Å². The molecule has 0 aliphatic carbocycles. The number of rotatable bonds is 9. The van der Waals surface area contributed by atoms with Crippen molar-refractivity contribution < 1.29 is 9.84 Å². The van der Waals surface area contributed by atoms with Crippen LogP contribution in [0.25, 0.3) is 0 Å². The van der Waals surface area contributed by atoms with Crippen LogP contribution in [0.5, 0.6) is 0 Å². The number of hydrogen-bond acceptors (Lipinski definition) is 3. The van der Waals surface area contributed by atoms with Gasteiger partial charge in [-0.3, -0.25) is 0 Å². The number of nitrogens with one attached hydrogen (secondary N) is 1. The van der Waals surface area contributed by atoms with Gasteiger partial charge in [0.1, 0.15) is 0 Å². The van der Waals surface area contributed by atoms with Gasteiger partial charge in [0, 0.05) is 19.3 Å². The lowest BCUT2D eigenvalue weighted by molar-refractivity contribution is 0.0947. The van der Waals surface area contributed by atoms with E-state index < -0.39 is 0 Å². The second kappa shape index (κ2) is 8.08. The molecule has 0 aromatic rings. The predicted octanol–water partition coefficient (Wildman–Crippen LogP) is 1.80. The predicted molar refractivity (Wildman–Crippen MR) is 64.1 cm³/mol. The Morgan fingerprint density at radius 1 is 1.33 bits per heavy atom. The maximum atomic E-state index is 9.01. The van der Waals surface area contributed by atoms with E-state index in [0.29, 0.717) is 6.61 Å². The van der Waals surface area contributed by atoms with Gasteiger partial charge in [-0.2, -0.15) is 0 Å². The van der Waals surface area contributed by atoms with Crippen molar-refractivity contribution in [2.45, 2.75) is 45.6 Å². The first kappa shape index (κ1) is 14.9. The summed E-state index contributed by atoms with van der Waals surface area (Å²) in [5, 5.41) is 12.5. The smallest absolute Gasteiger partial charge is 0.0642 e. The molecule has 0 radical (unpaired) electrons. The Kier molecular flexibility index (Phi) is 8.02. The minimum Gasteiger partial charge on any atom is -0.396 e. The molecule has 0 amide bonds. The van der Waals surface area contributed by atoms with Gasteiger partial charge < -0.3 is 15.2 Å². The van der Waals surface area contributed by atoms with E-state index in [1.165, 1.54) is 12.8 Å². The van der Waals surface area contributed by atoms with Crippen molar-refractivity contribution in [3.05, 3.63) is 0 Å². The average molecular weight is 217 g/mol. The van der Waals surface area contributed by atoms with Crippen LogP contribution in [0.15, 0.2) is 0 Å². The van der Waals surface area contributed by atoms with E-state index in [-0.39, 0.29) is 12.1 Å². The monoisotopic (exact) mass is 217 g/mol. The SMILES string of the molecule is CCC(CC)CNC(C)(CCO)COC. The Labute approximate surface area is 94.2 Å². The maximum absolute atomic E-state index is 9.01. The molecule has 92 valence electrons. The summed E-state index contributed by atoms with van der Waals surface area (Å²) in [4.78, 5) is 0. The molecule has 0 bridgehead atoms. The highest BCUT2D eigenvalue weighted by Gasteiger charge is 2.23. The third kappa shape index (κ3) is 6.13. The number of aliphatic hydroxyl groups is 1. The molecule has 15 heavy (non-hydrogen) atoms. The van der Waals surface area contributed by atoms with Crippen LogP contribution in [-0.2, 0) is 4.74 Å². The van der Waals surface area contributed by atoms with Crippen LogP contribution in [0.1, 0.15) is 40.0 Å². The summed E-state index contributed by atoms with van der Waals surface area (Å²) in [7, 11) is 1.70. The zero-order valence-electron chi connectivity index (χ0n) is 10.7. The standard InChI is InChI=1S/C12H27NO2/c1-5-11(6-2)9-13-12(3,7-8-14)10-15-4/h11,13-14H,5-10H2,1-4H3. The summed E-state index contributed by atoms with van der Waals surface area (Å²) in [6, 6.07) is 0. The van der Waals surface area contributed by atoms with Gasteiger partial charge in [-0.25, -0.2) is 0 Å². The van der Waals surface area contributed by atoms with Crippen LogP contribution in [0, 0.1) is 5.92 Å². The van der Waals surface area contributed by atoms with E-state index in [1.54, 1.807) is 7.11 Å². The van der Waals surface area contributed by atoms with Crippen molar-refractivity contribution in [1.29, 1.82) is 0 Å². The second-order valence-corrected chi connectivity index (χ2v) is 4.53. The van der Waals surface area contributed by atoms with Crippen molar-refractivity contribution in [1.82, 2.24) is 5.32 Å². The van der Waals surface area contributed by atoms with Crippen LogP contribution in [0.3, 0.4) is 0 Å². The number of hydrogen-bond donors (Lipinski definition) is 2. The summed E-state index contributed by atoms with van der Waals surface area (Å²) in [6.45, 7) is 8.40. The van der Waals surface area contributed by atoms with Gasteiger partial charge in [-0.15, -0.1) is 0 Å². The molecule has 0 saturated heterocycles. The Balaban J connectivity index is 4.03. The van der Waals surface area contributed by atoms with E-state index in [1.807, 2.05) is 0 Å². The zero-order chi connectivity index (χ0) is 11.7. The first-order valence-electron chi connectivity index (χ1n) is 5.96. The Morgan fingerprint density at radius 3 is 2.33 bits per heavy atom. The van der Waals surface area contributed by atoms with E-state index in [9.17, 15) is 0 Å². The topological polar surface area (TPSA) is 41.5 Å². The number of ether oxygens (including phenoxy) is 1. The maximum Gasteiger partial charge on any atom is 0.0642 e. The lowest BCUT2D eigenvalue weighted by Gasteiger charge is -2.31. The molecule has 0 heterocycles. The van der Waals surface area contributed by atoms with Crippen molar-refractivity contribution in [2.75, 3.05) is 26.9 Å².